The van der Waals surface area contributed by atoms with E-state index in [1.165, 1.54) is 30.5 Å². The molecular formula is C10H13N. The van der Waals surface area contributed by atoms with Crippen LogP contribution in [-0.4, -0.2) is 4.98 Å². The average molecular weight is 147 g/mol. The van der Waals surface area contributed by atoms with E-state index in [4.69, 9.17) is 0 Å². The van der Waals surface area contributed by atoms with Crippen LogP contribution < -0.4 is 0 Å². The van der Waals surface area contributed by atoms with Gasteiger partial charge in [-0.3, -0.25) is 4.98 Å². The van der Waals surface area contributed by atoms with Gasteiger partial charge in [-0.2, -0.15) is 0 Å². The van der Waals surface area contributed by atoms with Crippen molar-refractivity contribution >= 4 is 0 Å². The van der Waals surface area contributed by atoms with E-state index >= 15 is 0 Å². The number of nitrogens with zero attached hydrogens (tertiary/aromatic N) is 1. The molecule has 0 bridgehead atoms. The van der Waals surface area contributed by atoms with E-state index in [0.717, 1.165) is 5.92 Å². The number of pyridine rings is 1. The minimum absolute atomic E-state index is 0.970. The van der Waals surface area contributed by atoms with E-state index in [1.807, 2.05) is 12.3 Å². The first-order chi connectivity index (χ1) is 5.36. The van der Waals surface area contributed by atoms with Crippen molar-refractivity contribution in [2.75, 3.05) is 0 Å². The van der Waals surface area contributed by atoms with Crippen molar-refractivity contribution in [2.45, 2.75) is 26.2 Å². The highest BCUT2D eigenvalue weighted by molar-refractivity contribution is 5.19. The second kappa shape index (κ2) is 2.65. The molecule has 1 fully saturated rings. The van der Waals surface area contributed by atoms with Gasteiger partial charge in [0.1, 0.15) is 0 Å². The predicted octanol–water partition coefficient (Wildman–Crippen LogP) is 2.34. The lowest BCUT2D eigenvalue weighted by atomic mass is 10.1. The van der Waals surface area contributed by atoms with Gasteiger partial charge in [0.15, 0.2) is 0 Å². The molecular weight excluding hydrogens is 134 g/mol. The average Bonchev–Trinajstić information content (AvgIpc) is 2.78. The van der Waals surface area contributed by atoms with Crippen LogP contribution in [0.5, 0.6) is 0 Å². The maximum absolute atomic E-state index is 4.26. The fraction of sp³-hybridized carbons (Fsp3) is 0.500. The minimum atomic E-state index is 0.970. The van der Waals surface area contributed by atoms with Crippen LogP contribution in [0.1, 0.15) is 24.1 Å². The number of rotatable bonds is 2. The fourth-order valence-corrected chi connectivity index (χ4v) is 1.37. The second-order valence-electron chi connectivity index (χ2n) is 3.40. The lowest BCUT2D eigenvalue weighted by molar-refractivity contribution is 0.818. The summed E-state index contributed by atoms with van der Waals surface area (Å²) in [6.07, 6.45) is 5.97. The molecule has 1 aromatic rings. The van der Waals surface area contributed by atoms with E-state index in [2.05, 4.69) is 18.0 Å². The summed E-state index contributed by atoms with van der Waals surface area (Å²) >= 11 is 0. The van der Waals surface area contributed by atoms with E-state index in [9.17, 15) is 0 Å². The van der Waals surface area contributed by atoms with Crippen LogP contribution in [0.25, 0.3) is 0 Å². The SMILES string of the molecule is Cc1ncccc1CC1CC1. The molecule has 1 nitrogen and oxygen atoms in total. The van der Waals surface area contributed by atoms with E-state index in [-0.39, 0.29) is 0 Å². The molecule has 0 unspecified atom stereocenters. The van der Waals surface area contributed by atoms with Crippen LogP contribution in [0, 0.1) is 12.8 Å². The van der Waals surface area contributed by atoms with Gasteiger partial charge in [-0.1, -0.05) is 6.07 Å². The van der Waals surface area contributed by atoms with Crippen LogP contribution in [0.4, 0.5) is 0 Å². The Morgan fingerprint density at radius 3 is 3.00 bits per heavy atom. The number of hydrogen-bond acceptors (Lipinski definition) is 1. The Bertz CT molecular complexity index is 251. The van der Waals surface area contributed by atoms with Gasteiger partial charge in [-0.25, -0.2) is 0 Å². The van der Waals surface area contributed by atoms with Gasteiger partial charge in [0.25, 0.3) is 0 Å². The molecule has 58 valence electrons. The minimum Gasteiger partial charge on any atom is -0.261 e. The van der Waals surface area contributed by atoms with Crippen molar-refractivity contribution in [1.29, 1.82) is 0 Å². The Morgan fingerprint density at radius 1 is 1.55 bits per heavy atom. The Balaban J connectivity index is 2.15. The third-order valence-electron chi connectivity index (χ3n) is 2.32. The largest absolute Gasteiger partial charge is 0.261 e. The normalized spacial score (nSPS) is 16.8. The van der Waals surface area contributed by atoms with E-state index < -0.39 is 0 Å². The smallest absolute Gasteiger partial charge is 0.0404 e. The quantitative estimate of drug-likeness (QED) is 0.625. The van der Waals surface area contributed by atoms with Gasteiger partial charge >= 0.3 is 0 Å². The first-order valence-corrected chi connectivity index (χ1v) is 4.27. The topological polar surface area (TPSA) is 12.9 Å². The summed E-state index contributed by atoms with van der Waals surface area (Å²) in [5.74, 6) is 0.970. The highest BCUT2D eigenvalue weighted by atomic mass is 14.7. The molecule has 0 spiro atoms. The summed E-state index contributed by atoms with van der Waals surface area (Å²) in [5, 5.41) is 0. The zero-order valence-corrected chi connectivity index (χ0v) is 6.88. The van der Waals surface area contributed by atoms with Gasteiger partial charge in [-0.15, -0.1) is 0 Å². The van der Waals surface area contributed by atoms with Crippen molar-refractivity contribution in [1.82, 2.24) is 4.98 Å². The first-order valence-electron chi connectivity index (χ1n) is 4.27. The van der Waals surface area contributed by atoms with E-state index in [1.54, 1.807) is 0 Å². The van der Waals surface area contributed by atoms with Gasteiger partial charge < -0.3 is 0 Å². The summed E-state index contributed by atoms with van der Waals surface area (Å²) < 4.78 is 0. The number of aryl methyl sites for hydroxylation is 1. The predicted molar refractivity (Wildman–Crippen MR) is 45.4 cm³/mol. The van der Waals surface area contributed by atoms with Crippen LogP contribution >= 0.6 is 0 Å². The lowest BCUT2D eigenvalue weighted by Crippen LogP contribution is -1.92. The molecule has 1 aliphatic carbocycles. The standard InChI is InChI=1S/C10H13N/c1-8-10(3-2-6-11-8)7-9-4-5-9/h2-3,6,9H,4-5,7H2,1H3. The van der Waals surface area contributed by atoms with Crippen molar-refractivity contribution in [3.63, 3.8) is 0 Å². The van der Waals surface area contributed by atoms with Gasteiger partial charge in [0.2, 0.25) is 0 Å². The molecule has 0 radical (unpaired) electrons. The zero-order valence-electron chi connectivity index (χ0n) is 6.88. The third kappa shape index (κ3) is 1.59. The Morgan fingerprint density at radius 2 is 2.36 bits per heavy atom. The Kier molecular flexibility index (Phi) is 1.65. The molecule has 0 atom stereocenters. The molecule has 0 N–H and O–H groups in total. The molecule has 1 aromatic heterocycles. The molecule has 1 aliphatic rings. The Labute approximate surface area is 67.5 Å². The molecule has 0 amide bonds. The van der Waals surface area contributed by atoms with Crippen LogP contribution in [0.15, 0.2) is 18.3 Å². The molecule has 1 heterocycles. The van der Waals surface area contributed by atoms with Crippen molar-refractivity contribution < 1.29 is 0 Å². The molecule has 1 heteroatoms. The monoisotopic (exact) mass is 147 g/mol. The third-order valence-corrected chi connectivity index (χ3v) is 2.32. The maximum Gasteiger partial charge on any atom is 0.0404 e. The highest BCUT2D eigenvalue weighted by Gasteiger charge is 2.21. The lowest BCUT2D eigenvalue weighted by Gasteiger charge is -2.01. The summed E-state index contributed by atoms with van der Waals surface area (Å²) in [7, 11) is 0. The summed E-state index contributed by atoms with van der Waals surface area (Å²) in [6.45, 7) is 2.09. The molecule has 11 heavy (non-hydrogen) atoms. The molecule has 0 aliphatic heterocycles. The summed E-state index contributed by atoms with van der Waals surface area (Å²) in [5.41, 5.74) is 2.65. The van der Waals surface area contributed by atoms with Gasteiger partial charge in [-0.05, 0) is 43.7 Å². The van der Waals surface area contributed by atoms with Gasteiger partial charge in [0, 0.05) is 11.9 Å². The highest BCUT2D eigenvalue weighted by Crippen LogP contribution is 2.32. The summed E-state index contributed by atoms with van der Waals surface area (Å²) in [6, 6.07) is 4.23. The molecule has 2 rings (SSSR count). The molecule has 0 aromatic carbocycles. The van der Waals surface area contributed by atoms with E-state index in [0.29, 0.717) is 0 Å². The van der Waals surface area contributed by atoms with Crippen LogP contribution in [0.3, 0.4) is 0 Å². The number of aromatic nitrogens is 1. The fourth-order valence-electron chi connectivity index (χ4n) is 1.37. The zero-order chi connectivity index (χ0) is 7.68. The second-order valence-corrected chi connectivity index (χ2v) is 3.40. The summed E-state index contributed by atoms with van der Waals surface area (Å²) in [4.78, 5) is 4.26. The maximum atomic E-state index is 4.26. The van der Waals surface area contributed by atoms with Crippen LogP contribution in [0.2, 0.25) is 0 Å². The van der Waals surface area contributed by atoms with Crippen molar-refractivity contribution in [2.24, 2.45) is 5.92 Å². The number of hydrogen-bond donors (Lipinski definition) is 0. The van der Waals surface area contributed by atoms with Crippen molar-refractivity contribution in [3.05, 3.63) is 29.6 Å². The molecule has 1 saturated carbocycles. The Hall–Kier alpha value is -0.850. The van der Waals surface area contributed by atoms with Crippen molar-refractivity contribution in [3.8, 4) is 0 Å². The van der Waals surface area contributed by atoms with Gasteiger partial charge in [0.05, 0.1) is 0 Å². The van der Waals surface area contributed by atoms with Crippen LogP contribution in [-0.2, 0) is 6.42 Å². The molecule has 0 saturated heterocycles. The first kappa shape index (κ1) is 6.84.